The molecule has 30 heavy (non-hydrogen) atoms. The van der Waals surface area contributed by atoms with Gasteiger partial charge < -0.3 is 4.74 Å². The first-order valence-corrected chi connectivity index (χ1v) is 11.1. The van der Waals surface area contributed by atoms with Gasteiger partial charge in [-0.2, -0.15) is 0 Å². The fraction of sp³-hybridized carbons (Fsp3) is 0.174. The average molecular weight is 444 g/mol. The molecule has 5 nitrogen and oxygen atoms in total. The highest BCUT2D eigenvalue weighted by atomic mass is 35.5. The number of anilines is 1. The number of nitrogens with one attached hydrogen (secondary N) is 1. The summed E-state index contributed by atoms with van der Waals surface area (Å²) in [6.07, 6.45) is 0. The summed E-state index contributed by atoms with van der Waals surface area (Å²) in [4.78, 5) is 11.7. The number of sulfonamides is 1. The van der Waals surface area contributed by atoms with Gasteiger partial charge in [0.25, 0.3) is 10.0 Å². The third kappa shape index (κ3) is 4.50. The third-order valence-corrected chi connectivity index (χ3v) is 6.65. The van der Waals surface area contributed by atoms with E-state index in [1.165, 1.54) is 13.0 Å². The van der Waals surface area contributed by atoms with E-state index < -0.39 is 16.0 Å². The molecule has 0 saturated heterocycles. The van der Waals surface area contributed by atoms with Crippen LogP contribution in [0.5, 0.6) is 5.75 Å². The summed E-state index contributed by atoms with van der Waals surface area (Å²) >= 11 is 6.12. The number of carbonyl (C=O) groups excluding carboxylic acids is 1. The number of esters is 1. The largest absolute Gasteiger partial charge is 0.424 e. The zero-order valence-electron chi connectivity index (χ0n) is 17.1. The maximum atomic E-state index is 13.2. The smallest absolute Gasteiger partial charge is 0.308 e. The first-order valence-electron chi connectivity index (χ1n) is 9.27. The van der Waals surface area contributed by atoms with E-state index in [1.54, 1.807) is 39.0 Å². The minimum atomic E-state index is -3.96. The van der Waals surface area contributed by atoms with Crippen molar-refractivity contribution in [3.8, 4) is 16.9 Å². The predicted octanol–water partition coefficient (Wildman–Crippen LogP) is 5.66. The number of hydrogen-bond acceptors (Lipinski definition) is 4. The molecule has 7 heteroatoms. The van der Waals surface area contributed by atoms with Gasteiger partial charge in [0, 0.05) is 11.9 Å². The van der Waals surface area contributed by atoms with E-state index in [0.29, 0.717) is 21.7 Å². The number of aryl methyl sites for hydroxylation is 2. The normalized spacial score (nSPS) is 11.2. The molecule has 0 spiro atoms. The summed E-state index contributed by atoms with van der Waals surface area (Å²) in [7, 11) is -3.96. The average Bonchev–Trinajstić information content (AvgIpc) is 2.68. The molecule has 0 atom stereocenters. The van der Waals surface area contributed by atoms with E-state index in [4.69, 9.17) is 16.3 Å². The van der Waals surface area contributed by atoms with E-state index in [-0.39, 0.29) is 16.3 Å². The highest BCUT2D eigenvalue weighted by molar-refractivity contribution is 7.92. The van der Waals surface area contributed by atoms with Gasteiger partial charge in [0.05, 0.1) is 10.6 Å². The number of rotatable bonds is 5. The van der Waals surface area contributed by atoms with E-state index in [2.05, 4.69) is 4.72 Å². The van der Waals surface area contributed by atoms with Crippen LogP contribution in [0.4, 0.5) is 5.69 Å². The summed E-state index contributed by atoms with van der Waals surface area (Å²) in [5, 5.41) is 0.495. The van der Waals surface area contributed by atoms with Crippen LogP contribution in [0.2, 0.25) is 5.02 Å². The second-order valence-electron chi connectivity index (χ2n) is 7.04. The Labute approximate surface area is 181 Å². The van der Waals surface area contributed by atoms with Gasteiger partial charge in [0.2, 0.25) is 0 Å². The number of carbonyl (C=O) groups is 1. The van der Waals surface area contributed by atoms with Crippen molar-refractivity contribution >= 4 is 33.3 Å². The van der Waals surface area contributed by atoms with Gasteiger partial charge in [-0.25, -0.2) is 8.42 Å². The molecule has 1 N–H and O–H groups in total. The summed E-state index contributed by atoms with van der Waals surface area (Å²) in [6.45, 7) is 6.48. The standard InChI is InChI=1S/C23H22ClNO4S/c1-14-13-22(15(2)12-20(14)24)30(27,28)25-23-16(3)19(18-8-6-5-7-9-18)10-11-21(23)29-17(4)26/h5-13,25H,1-4H3. The Hall–Kier alpha value is -2.83. The van der Waals surface area contributed by atoms with E-state index in [9.17, 15) is 13.2 Å². The Morgan fingerprint density at radius 3 is 2.27 bits per heavy atom. The molecule has 3 aromatic carbocycles. The Morgan fingerprint density at radius 2 is 1.63 bits per heavy atom. The van der Waals surface area contributed by atoms with Crippen LogP contribution in [0.15, 0.2) is 59.5 Å². The van der Waals surface area contributed by atoms with Crippen molar-refractivity contribution in [1.82, 2.24) is 0 Å². The zero-order valence-corrected chi connectivity index (χ0v) is 18.7. The van der Waals surface area contributed by atoms with Crippen molar-refractivity contribution in [2.45, 2.75) is 32.6 Å². The highest BCUT2D eigenvalue weighted by Gasteiger charge is 2.23. The van der Waals surface area contributed by atoms with Crippen LogP contribution in [0.3, 0.4) is 0 Å². The Bertz CT molecular complexity index is 1220. The highest BCUT2D eigenvalue weighted by Crippen LogP contribution is 2.38. The van der Waals surface area contributed by atoms with Crippen LogP contribution in [0.1, 0.15) is 23.6 Å². The fourth-order valence-corrected chi connectivity index (χ4v) is 4.88. The molecule has 0 unspecified atom stereocenters. The second kappa shape index (κ2) is 8.50. The van der Waals surface area contributed by atoms with Gasteiger partial charge in [-0.05, 0) is 66.8 Å². The molecule has 0 heterocycles. The summed E-state index contributed by atoms with van der Waals surface area (Å²) < 4.78 is 34.4. The van der Waals surface area contributed by atoms with Crippen LogP contribution in [0.25, 0.3) is 11.1 Å². The molecule has 3 aromatic rings. The van der Waals surface area contributed by atoms with Crippen LogP contribution in [0, 0.1) is 20.8 Å². The fourth-order valence-electron chi connectivity index (χ4n) is 3.22. The Balaban J connectivity index is 2.16. The van der Waals surface area contributed by atoms with E-state index in [1.807, 2.05) is 30.3 Å². The quantitative estimate of drug-likeness (QED) is 0.408. The number of benzene rings is 3. The van der Waals surface area contributed by atoms with E-state index in [0.717, 1.165) is 11.1 Å². The molecule has 3 rings (SSSR count). The summed E-state index contributed by atoms with van der Waals surface area (Å²) in [5.41, 5.74) is 3.78. The van der Waals surface area contributed by atoms with Gasteiger partial charge in [0.1, 0.15) is 0 Å². The molecule has 0 aliphatic heterocycles. The molecule has 0 aliphatic rings. The first-order chi connectivity index (χ1) is 14.1. The molecule has 0 fully saturated rings. The lowest BCUT2D eigenvalue weighted by Gasteiger charge is -2.18. The molecule has 0 bridgehead atoms. The van der Waals surface area contributed by atoms with Gasteiger partial charge >= 0.3 is 5.97 Å². The maximum absolute atomic E-state index is 13.2. The number of ether oxygens (including phenoxy) is 1. The van der Waals surface area contributed by atoms with Crippen molar-refractivity contribution in [3.05, 3.63) is 76.3 Å². The van der Waals surface area contributed by atoms with Crippen LogP contribution >= 0.6 is 11.6 Å². The van der Waals surface area contributed by atoms with Crippen molar-refractivity contribution in [2.75, 3.05) is 4.72 Å². The van der Waals surface area contributed by atoms with Crippen molar-refractivity contribution < 1.29 is 17.9 Å². The van der Waals surface area contributed by atoms with Crippen molar-refractivity contribution in [2.24, 2.45) is 0 Å². The number of halogens is 1. The molecular formula is C23H22ClNO4S. The monoisotopic (exact) mass is 443 g/mol. The minimum absolute atomic E-state index is 0.114. The zero-order chi connectivity index (χ0) is 22.1. The molecular weight excluding hydrogens is 422 g/mol. The molecule has 0 aromatic heterocycles. The number of hydrogen-bond donors (Lipinski definition) is 1. The lowest BCUT2D eigenvalue weighted by Crippen LogP contribution is -2.17. The van der Waals surface area contributed by atoms with Crippen LogP contribution < -0.4 is 9.46 Å². The molecule has 0 saturated carbocycles. The van der Waals surface area contributed by atoms with Gasteiger partial charge in [-0.15, -0.1) is 0 Å². The Kier molecular flexibility index (Phi) is 6.19. The minimum Gasteiger partial charge on any atom is -0.424 e. The van der Waals surface area contributed by atoms with Crippen molar-refractivity contribution in [3.63, 3.8) is 0 Å². The topological polar surface area (TPSA) is 72.5 Å². The summed E-state index contributed by atoms with van der Waals surface area (Å²) in [5.74, 6) is -0.396. The maximum Gasteiger partial charge on any atom is 0.308 e. The van der Waals surface area contributed by atoms with Crippen molar-refractivity contribution in [1.29, 1.82) is 0 Å². The van der Waals surface area contributed by atoms with Crippen LogP contribution in [-0.4, -0.2) is 14.4 Å². The molecule has 0 aliphatic carbocycles. The van der Waals surface area contributed by atoms with Crippen LogP contribution in [-0.2, 0) is 14.8 Å². The molecule has 156 valence electrons. The van der Waals surface area contributed by atoms with Gasteiger partial charge in [-0.1, -0.05) is 48.0 Å². The first kappa shape index (κ1) is 21.9. The van der Waals surface area contributed by atoms with Gasteiger partial charge in [0.15, 0.2) is 5.75 Å². The second-order valence-corrected chi connectivity index (χ2v) is 9.10. The predicted molar refractivity (Wildman–Crippen MR) is 120 cm³/mol. The lowest BCUT2D eigenvalue weighted by molar-refractivity contribution is -0.131. The summed E-state index contributed by atoms with van der Waals surface area (Å²) in [6, 6.07) is 16.1. The Morgan fingerprint density at radius 1 is 0.967 bits per heavy atom. The molecule has 0 radical (unpaired) electrons. The SMILES string of the molecule is CC(=O)Oc1ccc(-c2ccccc2)c(C)c1NS(=O)(=O)c1cc(C)c(Cl)cc1C. The van der Waals surface area contributed by atoms with Gasteiger partial charge in [-0.3, -0.25) is 9.52 Å². The third-order valence-electron chi connectivity index (χ3n) is 4.75. The lowest BCUT2D eigenvalue weighted by atomic mass is 9.99. The molecule has 0 amide bonds. The van der Waals surface area contributed by atoms with E-state index >= 15 is 0 Å².